The van der Waals surface area contributed by atoms with Crippen LogP contribution in [0.2, 0.25) is 0 Å². The molecule has 2 N–H and O–H groups in total. The second kappa shape index (κ2) is 6.33. The van der Waals surface area contributed by atoms with Crippen molar-refractivity contribution in [3.05, 3.63) is 48.5 Å². The number of benzene rings is 1. The molecule has 2 rings (SSSR count). The number of aliphatic hydroxyl groups excluding tert-OH is 1. The molecule has 0 aliphatic rings. The van der Waals surface area contributed by atoms with E-state index < -0.39 is 0 Å². The molecule has 1 aromatic heterocycles. The molecule has 0 aliphatic carbocycles. The third-order valence-electron chi connectivity index (χ3n) is 2.98. The van der Waals surface area contributed by atoms with Gasteiger partial charge in [0, 0.05) is 30.7 Å². The largest absolute Gasteiger partial charge is 0.396 e. The van der Waals surface area contributed by atoms with Crippen LogP contribution in [-0.4, -0.2) is 27.8 Å². The van der Waals surface area contributed by atoms with Crippen LogP contribution in [0, 0.1) is 0 Å². The van der Waals surface area contributed by atoms with E-state index in [-0.39, 0.29) is 6.61 Å². The van der Waals surface area contributed by atoms with Gasteiger partial charge >= 0.3 is 0 Å². The van der Waals surface area contributed by atoms with E-state index >= 15 is 0 Å². The molecule has 4 nitrogen and oxygen atoms in total. The summed E-state index contributed by atoms with van der Waals surface area (Å²) in [6.45, 7) is 3.20. The predicted molar refractivity (Wildman–Crippen MR) is 71.7 cm³/mol. The molecule has 0 saturated carbocycles. The summed E-state index contributed by atoms with van der Waals surface area (Å²) in [6.07, 6.45) is 6.28. The lowest BCUT2D eigenvalue weighted by molar-refractivity contribution is 0.284. The molecule has 0 spiro atoms. The van der Waals surface area contributed by atoms with Crippen LogP contribution in [0.5, 0.6) is 0 Å². The number of aliphatic hydroxyl groups is 1. The highest BCUT2D eigenvalue weighted by Crippen LogP contribution is 2.15. The second-order valence-corrected chi connectivity index (χ2v) is 4.31. The van der Waals surface area contributed by atoms with Gasteiger partial charge in [0.2, 0.25) is 0 Å². The molecule has 0 bridgehead atoms. The number of nitrogens with one attached hydrogen (secondary N) is 1. The van der Waals surface area contributed by atoms with Crippen molar-refractivity contribution in [1.29, 1.82) is 0 Å². The molecule has 0 fully saturated rings. The first-order valence-electron chi connectivity index (χ1n) is 6.24. The highest BCUT2D eigenvalue weighted by atomic mass is 16.3. The van der Waals surface area contributed by atoms with Crippen LogP contribution >= 0.6 is 0 Å². The number of hydrogen-bond donors (Lipinski definition) is 2. The Morgan fingerprint density at radius 1 is 1.33 bits per heavy atom. The lowest BCUT2D eigenvalue weighted by Gasteiger charge is -2.14. The Kier molecular flexibility index (Phi) is 4.50. The van der Waals surface area contributed by atoms with E-state index in [1.165, 1.54) is 5.56 Å². The third kappa shape index (κ3) is 3.18. The van der Waals surface area contributed by atoms with Gasteiger partial charge < -0.3 is 15.0 Å². The quantitative estimate of drug-likeness (QED) is 0.764. The predicted octanol–water partition coefficient (Wildman–Crippen LogP) is 1.91. The lowest BCUT2D eigenvalue weighted by atomic mass is 10.1. The number of rotatable bonds is 6. The van der Waals surface area contributed by atoms with Crippen LogP contribution < -0.4 is 5.32 Å². The van der Waals surface area contributed by atoms with Gasteiger partial charge in [-0.25, -0.2) is 4.98 Å². The van der Waals surface area contributed by atoms with Gasteiger partial charge in [0.15, 0.2) is 0 Å². The maximum atomic E-state index is 8.74. The normalized spacial score (nSPS) is 12.6. The van der Waals surface area contributed by atoms with Crippen LogP contribution in [0.3, 0.4) is 0 Å². The molecule has 0 radical (unpaired) electrons. The Labute approximate surface area is 107 Å². The molecule has 96 valence electrons. The van der Waals surface area contributed by atoms with Crippen molar-refractivity contribution in [2.75, 3.05) is 13.2 Å². The summed E-state index contributed by atoms with van der Waals surface area (Å²) in [7, 11) is 0. The molecular formula is C14H19N3O. The Morgan fingerprint density at radius 3 is 2.72 bits per heavy atom. The highest BCUT2D eigenvalue weighted by molar-refractivity contribution is 5.35. The average Bonchev–Trinajstić information content (AvgIpc) is 2.93. The number of hydrogen-bond acceptors (Lipinski definition) is 3. The van der Waals surface area contributed by atoms with E-state index in [0.717, 1.165) is 18.7 Å². The second-order valence-electron chi connectivity index (χ2n) is 4.31. The van der Waals surface area contributed by atoms with E-state index in [2.05, 4.69) is 41.5 Å². The number of nitrogens with zero attached hydrogens (tertiary/aromatic N) is 2. The van der Waals surface area contributed by atoms with Gasteiger partial charge in [-0.1, -0.05) is 12.1 Å². The van der Waals surface area contributed by atoms with Gasteiger partial charge in [-0.15, -0.1) is 0 Å². The number of aromatic nitrogens is 2. The smallest absolute Gasteiger partial charge is 0.0991 e. The summed E-state index contributed by atoms with van der Waals surface area (Å²) >= 11 is 0. The van der Waals surface area contributed by atoms with Crippen LogP contribution in [-0.2, 0) is 0 Å². The first-order valence-corrected chi connectivity index (χ1v) is 6.24. The molecule has 1 aromatic carbocycles. The van der Waals surface area contributed by atoms with Crippen molar-refractivity contribution in [1.82, 2.24) is 14.9 Å². The SMILES string of the molecule is CC(NCCCO)c1ccc(-n2ccnc2)cc1. The summed E-state index contributed by atoms with van der Waals surface area (Å²) in [6, 6.07) is 8.70. The minimum atomic E-state index is 0.235. The molecule has 18 heavy (non-hydrogen) atoms. The Hall–Kier alpha value is -1.65. The molecule has 1 heterocycles. The summed E-state index contributed by atoms with van der Waals surface area (Å²) in [4.78, 5) is 4.03. The molecule has 0 amide bonds. The van der Waals surface area contributed by atoms with E-state index in [0.29, 0.717) is 6.04 Å². The fraction of sp³-hybridized carbons (Fsp3) is 0.357. The lowest BCUT2D eigenvalue weighted by Crippen LogP contribution is -2.20. The number of imidazole rings is 1. The van der Waals surface area contributed by atoms with E-state index in [1.807, 2.05) is 10.8 Å². The van der Waals surface area contributed by atoms with Crippen molar-refractivity contribution < 1.29 is 5.11 Å². The molecule has 1 unspecified atom stereocenters. The zero-order chi connectivity index (χ0) is 12.8. The van der Waals surface area contributed by atoms with Gasteiger partial charge in [-0.3, -0.25) is 0 Å². The Bertz CT molecular complexity index is 450. The fourth-order valence-corrected chi connectivity index (χ4v) is 1.86. The Balaban J connectivity index is 1.99. The minimum absolute atomic E-state index is 0.235. The maximum absolute atomic E-state index is 8.74. The summed E-state index contributed by atoms with van der Waals surface area (Å²) in [5.74, 6) is 0. The molecular weight excluding hydrogens is 226 g/mol. The average molecular weight is 245 g/mol. The molecule has 1 atom stereocenters. The summed E-state index contributed by atoms with van der Waals surface area (Å²) in [5, 5.41) is 12.1. The van der Waals surface area contributed by atoms with E-state index in [1.54, 1.807) is 12.5 Å². The zero-order valence-corrected chi connectivity index (χ0v) is 10.6. The van der Waals surface area contributed by atoms with Crippen LogP contribution in [0.15, 0.2) is 43.0 Å². The topological polar surface area (TPSA) is 50.1 Å². The highest BCUT2D eigenvalue weighted by Gasteiger charge is 2.04. The van der Waals surface area contributed by atoms with Crippen molar-refractivity contribution >= 4 is 0 Å². The Morgan fingerprint density at radius 2 is 2.11 bits per heavy atom. The fourth-order valence-electron chi connectivity index (χ4n) is 1.86. The van der Waals surface area contributed by atoms with E-state index in [4.69, 9.17) is 5.11 Å². The van der Waals surface area contributed by atoms with Crippen molar-refractivity contribution in [3.63, 3.8) is 0 Å². The summed E-state index contributed by atoms with van der Waals surface area (Å²) < 4.78 is 1.98. The standard InChI is InChI=1S/C14H19N3O/c1-12(16-7-2-10-18)13-3-5-14(6-4-13)17-9-8-15-11-17/h3-6,8-9,11-12,16,18H,2,7,10H2,1H3. The maximum Gasteiger partial charge on any atom is 0.0991 e. The van der Waals surface area contributed by atoms with E-state index in [9.17, 15) is 0 Å². The van der Waals surface area contributed by atoms with Crippen LogP contribution in [0.1, 0.15) is 24.9 Å². The van der Waals surface area contributed by atoms with Crippen molar-refractivity contribution in [2.45, 2.75) is 19.4 Å². The first-order chi connectivity index (χ1) is 8.81. The van der Waals surface area contributed by atoms with Gasteiger partial charge in [0.1, 0.15) is 0 Å². The van der Waals surface area contributed by atoms with Crippen LogP contribution in [0.25, 0.3) is 5.69 Å². The van der Waals surface area contributed by atoms with Crippen molar-refractivity contribution in [3.8, 4) is 5.69 Å². The monoisotopic (exact) mass is 245 g/mol. The zero-order valence-electron chi connectivity index (χ0n) is 10.6. The third-order valence-corrected chi connectivity index (χ3v) is 2.98. The minimum Gasteiger partial charge on any atom is -0.396 e. The molecule has 2 aromatic rings. The first kappa shape index (κ1) is 12.8. The summed E-state index contributed by atoms with van der Waals surface area (Å²) in [5.41, 5.74) is 2.36. The van der Waals surface area contributed by atoms with Gasteiger partial charge in [0.05, 0.1) is 6.33 Å². The van der Waals surface area contributed by atoms with Gasteiger partial charge in [-0.2, -0.15) is 0 Å². The van der Waals surface area contributed by atoms with Crippen molar-refractivity contribution in [2.24, 2.45) is 0 Å². The van der Waals surface area contributed by atoms with Gasteiger partial charge in [-0.05, 0) is 37.6 Å². The molecule has 4 heteroatoms. The van der Waals surface area contributed by atoms with Crippen LogP contribution in [0.4, 0.5) is 0 Å². The van der Waals surface area contributed by atoms with Gasteiger partial charge in [0.25, 0.3) is 0 Å². The molecule has 0 aliphatic heterocycles. The molecule has 0 saturated heterocycles.